The molecule has 6 nitrogen and oxygen atoms in total. The molecule has 2 unspecified atom stereocenters. The normalized spacial score (nSPS) is 28.3. The molecule has 0 aromatic carbocycles. The van der Waals surface area contributed by atoms with Gasteiger partial charge in [0.15, 0.2) is 0 Å². The minimum atomic E-state index is -2.38. The summed E-state index contributed by atoms with van der Waals surface area (Å²) in [5.74, 6) is -1.21. The van der Waals surface area contributed by atoms with E-state index in [1.807, 2.05) is 0 Å². The van der Waals surface area contributed by atoms with Gasteiger partial charge < -0.3 is 4.84 Å². The topological polar surface area (TPSA) is 85.2 Å². The van der Waals surface area contributed by atoms with E-state index in [-0.39, 0.29) is 4.86 Å². The zero-order chi connectivity index (χ0) is 10.8. The number of hydrogen-bond donors (Lipinski definition) is 0. The van der Waals surface area contributed by atoms with Gasteiger partial charge in [0, 0.05) is 5.28 Å². The predicted molar refractivity (Wildman–Crippen MR) is 50.4 cm³/mol. The molecule has 1 heterocycles. The predicted octanol–water partition coefficient (Wildman–Crippen LogP) is 0.0727. The molecule has 0 saturated heterocycles. The van der Waals surface area contributed by atoms with E-state index < -0.39 is 28.2 Å². The molecule has 0 aromatic rings. The fraction of sp³-hybridized carbons (Fsp3) is 0.250. The van der Waals surface area contributed by atoms with E-state index >= 15 is 0 Å². The molecule has 0 aromatic heterocycles. The zero-order valence-electron chi connectivity index (χ0n) is 7.40. The second kappa shape index (κ2) is 3.77. The van der Waals surface area contributed by atoms with Gasteiger partial charge in [0.2, 0.25) is 16.4 Å². The van der Waals surface area contributed by atoms with Crippen LogP contribution in [0.25, 0.3) is 0 Å². The third-order valence-electron chi connectivity index (χ3n) is 2.08. The maximum Gasteiger partial charge on any atom is 0.312 e. The lowest BCUT2D eigenvalue weighted by molar-refractivity contribution is -0.124. The third kappa shape index (κ3) is 1.73. The lowest BCUT2D eigenvalue weighted by Crippen LogP contribution is -2.32. The number of amides is 1. The lowest BCUT2D eigenvalue weighted by atomic mass is 9.94. The van der Waals surface area contributed by atoms with Crippen molar-refractivity contribution in [2.24, 2.45) is 16.3 Å². The van der Waals surface area contributed by atoms with E-state index in [4.69, 9.17) is 4.84 Å². The van der Waals surface area contributed by atoms with E-state index in [0.717, 1.165) is 0 Å². The van der Waals surface area contributed by atoms with E-state index in [1.165, 1.54) is 6.08 Å². The summed E-state index contributed by atoms with van der Waals surface area (Å²) in [4.78, 5) is 16.0. The maximum atomic E-state index is 11.2. The Bertz CT molecular complexity index is 507. The van der Waals surface area contributed by atoms with Crippen molar-refractivity contribution in [1.82, 2.24) is 0 Å². The number of nitrogens with zero attached hydrogens (tertiary/aromatic N) is 2. The van der Waals surface area contributed by atoms with E-state index in [0.29, 0.717) is 0 Å². The van der Waals surface area contributed by atoms with Crippen LogP contribution in [0, 0.1) is 5.92 Å². The Kier molecular flexibility index (Phi) is 2.46. The smallest absolute Gasteiger partial charge is 0.312 e. The van der Waals surface area contributed by atoms with E-state index in [1.54, 1.807) is 18.2 Å². The first-order valence-electron chi connectivity index (χ1n) is 4.12. The van der Waals surface area contributed by atoms with Gasteiger partial charge in [-0.2, -0.15) is 8.42 Å². The first-order chi connectivity index (χ1) is 7.20. The van der Waals surface area contributed by atoms with Crippen LogP contribution in [0.3, 0.4) is 0 Å². The highest BCUT2D eigenvalue weighted by Crippen LogP contribution is 2.21. The van der Waals surface area contributed by atoms with Gasteiger partial charge in [-0.3, -0.25) is 4.79 Å². The molecule has 1 amide bonds. The van der Waals surface area contributed by atoms with Gasteiger partial charge in [-0.25, -0.2) is 0 Å². The van der Waals surface area contributed by atoms with Crippen molar-refractivity contribution in [2.75, 3.05) is 0 Å². The van der Waals surface area contributed by atoms with Crippen molar-refractivity contribution in [1.29, 1.82) is 0 Å². The van der Waals surface area contributed by atoms with Gasteiger partial charge in [-0.05, 0) is 6.08 Å². The number of carbonyl (C=O) groups is 1. The highest BCUT2D eigenvalue weighted by molar-refractivity contribution is 7.73. The second-order valence-electron chi connectivity index (χ2n) is 2.95. The van der Waals surface area contributed by atoms with Crippen LogP contribution in [-0.2, 0) is 19.9 Å². The van der Waals surface area contributed by atoms with E-state index in [2.05, 4.69) is 10.4 Å². The monoisotopic (exact) mass is 226 g/mol. The second-order valence-corrected chi connectivity index (χ2v) is 3.89. The van der Waals surface area contributed by atoms with Crippen LogP contribution in [-0.4, -0.2) is 25.3 Å². The number of carbonyl (C=O) groups excluding carboxylic acids is 1. The Labute approximate surface area is 86.4 Å². The van der Waals surface area contributed by atoms with Crippen LogP contribution >= 0.6 is 0 Å². The van der Waals surface area contributed by atoms with Gasteiger partial charge in [-0.15, -0.1) is 0 Å². The minimum absolute atomic E-state index is 0.100. The molecule has 7 heteroatoms. The van der Waals surface area contributed by atoms with Crippen molar-refractivity contribution >= 4 is 21.1 Å². The molecular weight excluding hydrogens is 220 g/mol. The summed E-state index contributed by atoms with van der Waals surface area (Å²) in [5, 5.41) is 6.30. The third-order valence-corrected chi connectivity index (χ3v) is 2.87. The average molecular weight is 226 g/mol. The summed E-state index contributed by atoms with van der Waals surface area (Å²) >= 11 is 0. The molecule has 1 aliphatic heterocycles. The molecule has 15 heavy (non-hydrogen) atoms. The summed E-state index contributed by atoms with van der Waals surface area (Å²) < 4.78 is 21.8. The Morgan fingerprint density at radius 1 is 1.33 bits per heavy atom. The van der Waals surface area contributed by atoms with Crippen molar-refractivity contribution in [3.8, 4) is 0 Å². The van der Waals surface area contributed by atoms with Gasteiger partial charge in [0.1, 0.15) is 0 Å². The Balaban J connectivity index is 2.37. The zero-order valence-corrected chi connectivity index (χ0v) is 8.22. The molecule has 0 N–H and O–H groups in total. The standard InChI is InChI=1S/C8H6N2O4S/c11-8-7(14-10-9-8)5-3-1-2-4-6(5)15(12)13/h1-5,7H. The largest absolute Gasteiger partial charge is 0.365 e. The Morgan fingerprint density at radius 3 is 2.73 bits per heavy atom. The van der Waals surface area contributed by atoms with Crippen LogP contribution in [0.5, 0.6) is 0 Å². The van der Waals surface area contributed by atoms with Gasteiger partial charge in [-0.1, -0.05) is 23.3 Å². The first kappa shape index (κ1) is 9.78. The fourth-order valence-electron chi connectivity index (χ4n) is 1.39. The van der Waals surface area contributed by atoms with Gasteiger partial charge in [0.05, 0.1) is 10.8 Å². The molecule has 0 bridgehead atoms. The summed E-state index contributed by atoms with van der Waals surface area (Å²) in [7, 11) is -2.38. The quantitative estimate of drug-likeness (QED) is 0.592. The molecule has 0 radical (unpaired) electrons. The first-order valence-corrected chi connectivity index (χ1v) is 5.19. The number of hydrogen-bond acceptors (Lipinski definition) is 5. The van der Waals surface area contributed by atoms with Crippen molar-refractivity contribution in [3.63, 3.8) is 0 Å². The van der Waals surface area contributed by atoms with Crippen molar-refractivity contribution in [3.05, 3.63) is 24.3 Å². The van der Waals surface area contributed by atoms with Crippen LogP contribution in [0.15, 0.2) is 34.7 Å². The molecule has 0 spiro atoms. The summed E-state index contributed by atoms with van der Waals surface area (Å²) in [5.41, 5.74) is 0. The van der Waals surface area contributed by atoms with E-state index in [9.17, 15) is 13.2 Å². The van der Waals surface area contributed by atoms with Gasteiger partial charge >= 0.3 is 5.91 Å². The van der Waals surface area contributed by atoms with Gasteiger partial charge in [0.25, 0.3) is 0 Å². The average Bonchev–Trinajstić information content (AvgIpc) is 2.64. The molecule has 2 rings (SSSR count). The Morgan fingerprint density at radius 2 is 2.13 bits per heavy atom. The van der Waals surface area contributed by atoms with Crippen molar-refractivity contribution in [2.45, 2.75) is 6.10 Å². The minimum Gasteiger partial charge on any atom is -0.365 e. The highest BCUT2D eigenvalue weighted by Gasteiger charge is 2.36. The molecule has 1 aliphatic carbocycles. The summed E-state index contributed by atoms with van der Waals surface area (Å²) in [6.45, 7) is 0. The Hall–Kier alpha value is -1.76. The number of rotatable bonds is 1. The number of allylic oxidation sites excluding steroid dienone is 3. The molecular formula is C8H6N2O4S. The summed E-state index contributed by atoms with van der Waals surface area (Å²) in [6.07, 6.45) is 5.26. The van der Waals surface area contributed by atoms with Crippen LogP contribution < -0.4 is 0 Å². The summed E-state index contributed by atoms with van der Waals surface area (Å²) in [6, 6.07) is 0. The van der Waals surface area contributed by atoms with Crippen molar-refractivity contribution < 1.29 is 18.0 Å². The molecule has 2 atom stereocenters. The lowest BCUT2D eigenvalue weighted by Gasteiger charge is -2.15. The molecule has 0 saturated carbocycles. The SMILES string of the molecule is O=C1N=NOC1C1C=CC=CC1=S(=O)=O. The molecule has 0 fully saturated rings. The maximum absolute atomic E-state index is 11.2. The molecule has 2 aliphatic rings. The van der Waals surface area contributed by atoms with Crippen LogP contribution in [0.4, 0.5) is 0 Å². The highest BCUT2D eigenvalue weighted by atomic mass is 32.2. The fourth-order valence-corrected chi connectivity index (χ4v) is 2.01. The molecule has 78 valence electrons. The van der Waals surface area contributed by atoms with Crippen LogP contribution in [0.2, 0.25) is 0 Å². The van der Waals surface area contributed by atoms with Crippen LogP contribution in [0.1, 0.15) is 0 Å².